The van der Waals surface area contributed by atoms with Gasteiger partial charge in [-0.1, -0.05) is 12.2 Å². The van der Waals surface area contributed by atoms with E-state index in [-0.39, 0.29) is 22.3 Å². The van der Waals surface area contributed by atoms with Crippen LogP contribution in [0, 0.1) is 0 Å². The third-order valence-electron chi connectivity index (χ3n) is 9.32. The first kappa shape index (κ1) is 34.6. The molecule has 4 heterocycles. The Morgan fingerprint density at radius 2 is 1.65 bits per heavy atom. The number of amides is 1. The fraction of sp³-hybridized carbons (Fsp3) is 0.621. The minimum absolute atomic E-state index is 0.127. The summed E-state index contributed by atoms with van der Waals surface area (Å²) in [5.74, 6) is 1.19. The predicted molar refractivity (Wildman–Crippen MR) is 203 cm³/mol. The Labute approximate surface area is 280 Å². The van der Waals surface area contributed by atoms with Gasteiger partial charge in [-0.2, -0.15) is 0 Å². The van der Waals surface area contributed by atoms with Gasteiger partial charge < -0.3 is 35.6 Å². The standard InChI is InChI=1S/C29H50B6N8O3/c1-2-21-26(37-18-7-15-45-16-8-18)40-27(24(39-21)25(36)44)38-19-3-4-22(23(17-19)46-29(33,34)35)42-9-5-20(6-10-42)41-11-13-43(14-12-41)28(30,31)32/h3-4,17-18,20H,2,5-16,30-35H2,1H3,(H2,36,44)(H2,37,38,40). The molecular weight excluding hydrogens is 573 g/mol. The predicted octanol–water partition coefficient (Wildman–Crippen LogP) is -3.54. The monoisotopic (exact) mass is 624 g/mol. The van der Waals surface area contributed by atoms with Crippen molar-refractivity contribution in [2.45, 2.75) is 61.6 Å². The summed E-state index contributed by atoms with van der Waals surface area (Å²) in [6, 6.07) is 7.00. The van der Waals surface area contributed by atoms with Crippen molar-refractivity contribution in [3.8, 4) is 5.75 Å². The first-order chi connectivity index (χ1) is 21.8. The quantitative estimate of drug-likeness (QED) is 0.217. The number of rotatable bonds is 11. The Balaban J connectivity index is 1.33. The number of nitrogens with zero attached hydrogens (tertiary/aromatic N) is 5. The number of aromatic nitrogens is 2. The van der Waals surface area contributed by atoms with E-state index in [1.807, 2.05) is 19.1 Å². The van der Waals surface area contributed by atoms with E-state index >= 15 is 0 Å². The van der Waals surface area contributed by atoms with Gasteiger partial charge in [0.2, 0.25) is 0 Å². The molecule has 0 atom stereocenters. The number of benzene rings is 1. The maximum absolute atomic E-state index is 12.5. The topological polar surface area (TPSA) is 121 Å². The summed E-state index contributed by atoms with van der Waals surface area (Å²) in [4.78, 5) is 29.8. The Hall–Kier alpha value is -2.76. The van der Waals surface area contributed by atoms with E-state index in [0.717, 1.165) is 87.8 Å². The van der Waals surface area contributed by atoms with Crippen molar-refractivity contribution in [2.75, 3.05) is 68.0 Å². The normalized spacial score (nSPS) is 19.5. The highest BCUT2D eigenvalue weighted by Crippen LogP contribution is 2.36. The number of anilines is 4. The number of piperidine rings is 1. The summed E-state index contributed by atoms with van der Waals surface area (Å²) in [7, 11) is 13.1. The number of aryl methyl sites for hydroxylation is 1. The summed E-state index contributed by atoms with van der Waals surface area (Å²) in [6.07, 6.45) is 4.68. The minimum atomic E-state index is -0.618. The molecule has 1 amide bonds. The highest BCUT2D eigenvalue weighted by molar-refractivity contribution is 6.59. The van der Waals surface area contributed by atoms with E-state index in [1.165, 1.54) is 0 Å². The van der Waals surface area contributed by atoms with E-state index in [2.05, 4.69) is 83.5 Å². The van der Waals surface area contributed by atoms with Crippen LogP contribution >= 0.6 is 0 Å². The molecule has 3 fully saturated rings. The number of hydrogen-bond donors (Lipinski definition) is 3. The number of hydrogen-bond acceptors (Lipinski definition) is 10. The van der Waals surface area contributed by atoms with Crippen LogP contribution in [0.5, 0.6) is 5.75 Å². The summed E-state index contributed by atoms with van der Waals surface area (Å²) in [5, 5.41) is 6.74. The Morgan fingerprint density at radius 1 is 0.978 bits per heavy atom. The second-order valence-corrected chi connectivity index (χ2v) is 14.9. The molecule has 0 radical (unpaired) electrons. The molecule has 1 aromatic carbocycles. The summed E-state index contributed by atoms with van der Waals surface area (Å²) >= 11 is 0. The van der Waals surface area contributed by atoms with Gasteiger partial charge in [0.25, 0.3) is 5.91 Å². The summed E-state index contributed by atoms with van der Waals surface area (Å²) in [5.41, 5.74) is 8.48. The third kappa shape index (κ3) is 8.77. The van der Waals surface area contributed by atoms with Gasteiger partial charge in [-0.15, -0.1) is 0 Å². The Morgan fingerprint density at radius 3 is 2.24 bits per heavy atom. The van der Waals surface area contributed by atoms with E-state index in [1.54, 1.807) is 0 Å². The Bertz CT molecular complexity index is 1360. The average Bonchev–Trinajstić information content (AvgIpc) is 3.01. The second kappa shape index (κ2) is 14.6. The molecule has 3 saturated heterocycles. The van der Waals surface area contributed by atoms with Crippen LogP contribution in [0.25, 0.3) is 0 Å². The van der Waals surface area contributed by atoms with Crippen LogP contribution in [0.2, 0.25) is 0 Å². The number of carbonyl (C=O) groups excluding carboxylic acids is 1. The fourth-order valence-corrected chi connectivity index (χ4v) is 6.76. The summed E-state index contributed by atoms with van der Waals surface area (Å²) < 4.78 is 12.1. The molecule has 0 bridgehead atoms. The lowest BCUT2D eigenvalue weighted by Crippen LogP contribution is -2.60. The zero-order chi connectivity index (χ0) is 33.1. The SMILES string of the molecule is BC(B)(B)Oc1cc(Nc2nc(NC3CCOCC3)c(CC)nc2C(N)=O)ccc1N1CCC(N2CCN(C(B)(B)B)CC2)CC1. The highest BCUT2D eigenvalue weighted by Gasteiger charge is 2.32. The van der Waals surface area contributed by atoms with Gasteiger partial charge in [-0.3, -0.25) is 9.69 Å². The van der Waals surface area contributed by atoms with E-state index in [0.29, 0.717) is 37.3 Å². The molecule has 3 aliphatic rings. The number of carbonyl (C=O) groups is 1. The molecule has 2 aromatic rings. The van der Waals surface area contributed by atoms with Crippen molar-refractivity contribution < 1.29 is 14.3 Å². The largest absolute Gasteiger partial charge is 0.511 e. The van der Waals surface area contributed by atoms with E-state index in [4.69, 9.17) is 20.2 Å². The minimum Gasteiger partial charge on any atom is -0.511 e. The number of nitrogens with two attached hydrogens (primary N) is 1. The van der Waals surface area contributed by atoms with Crippen molar-refractivity contribution in [1.29, 1.82) is 0 Å². The van der Waals surface area contributed by atoms with Gasteiger partial charge in [0.15, 0.2) is 17.3 Å². The first-order valence-corrected chi connectivity index (χ1v) is 17.2. The van der Waals surface area contributed by atoms with Crippen LogP contribution in [0.3, 0.4) is 0 Å². The third-order valence-corrected chi connectivity index (χ3v) is 9.32. The number of nitrogens with one attached hydrogen (secondary N) is 2. The van der Waals surface area contributed by atoms with Crippen molar-refractivity contribution in [1.82, 2.24) is 19.8 Å². The zero-order valence-electron chi connectivity index (χ0n) is 29.1. The zero-order valence-corrected chi connectivity index (χ0v) is 29.1. The molecule has 46 heavy (non-hydrogen) atoms. The number of piperazine rings is 1. The highest BCUT2D eigenvalue weighted by atomic mass is 16.5. The van der Waals surface area contributed by atoms with Crippen LogP contribution in [-0.4, -0.2) is 148 Å². The maximum atomic E-state index is 12.5. The van der Waals surface area contributed by atoms with Gasteiger partial charge in [-0.05, 0) is 44.2 Å². The molecule has 4 N–H and O–H groups in total. The average molecular weight is 624 g/mol. The molecule has 1 aromatic heterocycles. The van der Waals surface area contributed by atoms with E-state index < -0.39 is 5.91 Å². The first-order valence-electron chi connectivity index (χ1n) is 17.2. The van der Waals surface area contributed by atoms with Gasteiger partial charge in [0.05, 0.1) is 11.4 Å². The lowest BCUT2D eigenvalue weighted by Gasteiger charge is -2.47. The van der Waals surface area contributed by atoms with Crippen molar-refractivity contribution in [3.63, 3.8) is 0 Å². The van der Waals surface area contributed by atoms with Crippen molar-refractivity contribution >= 4 is 76.0 Å². The molecule has 0 unspecified atom stereocenters. The number of ether oxygens (including phenoxy) is 2. The smallest absolute Gasteiger partial charge is 0.271 e. The van der Waals surface area contributed by atoms with E-state index in [9.17, 15) is 4.79 Å². The van der Waals surface area contributed by atoms with Gasteiger partial charge in [-0.25, -0.2) is 9.97 Å². The van der Waals surface area contributed by atoms with Crippen LogP contribution in [0.15, 0.2) is 18.2 Å². The fourth-order valence-electron chi connectivity index (χ4n) is 6.76. The molecule has 0 saturated carbocycles. The molecule has 5 rings (SSSR count). The molecule has 17 heteroatoms. The van der Waals surface area contributed by atoms with Crippen LogP contribution < -0.4 is 26.0 Å². The molecule has 11 nitrogen and oxygen atoms in total. The number of primary amides is 1. The van der Waals surface area contributed by atoms with Gasteiger partial charge in [0, 0.05) is 81.6 Å². The molecular formula is C29H50B6N8O3. The van der Waals surface area contributed by atoms with Crippen LogP contribution in [0.1, 0.15) is 48.8 Å². The maximum Gasteiger partial charge on any atom is 0.271 e. The summed E-state index contributed by atoms with van der Waals surface area (Å²) in [6.45, 7) is 9.95. The van der Waals surface area contributed by atoms with Gasteiger partial charge >= 0.3 is 0 Å². The lowest BCUT2D eigenvalue weighted by molar-refractivity contribution is 0.0830. The molecule has 0 spiro atoms. The second-order valence-electron chi connectivity index (χ2n) is 14.9. The van der Waals surface area contributed by atoms with Crippen molar-refractivity contribution in [2.24, 2.45) is 5.73 Å². The van der Waals surface area contributed by atoms with Crippen LogP contribution in [0.4, 0.5) is 23.0 Å². The molecule has 3 aliphatic heterocycles. The van der Waals surface area contributed by atoms with Gasteiger partial charge in [0.1, 0.15) is 52.8 Å². The lowest BCUT2D eigenvalue weighted by atomic mass is 9.48. The van der Waals surface area contributed by atoms with Crippen LogP contribution in [-0.2, 0) is 11.2 Å². The van der Waals surface area contributed by atoms with Crippen molar-refractivity contribution in [3.05, 3.63) is 29.6 Å². The Kier molecular flexibility index (Phi) is 10.9. The molecule has 0 aliphatic carbocycles. The molecule has 242 valence electrons.